The van der Waals surface area contributed by atoms with Crippen LogP contribution in [0.2, 0.25) is 0 Å². The molecule has 1 rings (SSSR count). The highest BCUT2D eigenvalue weighted by atomic mass is 16.5. The van der Waals surface area contributed by atoms with Crippen LogP contribution in [0, 0.1) is 0 Å². The zero-order valence-corrected chi connectivity index (χ0v) is 12.6. The molecule has 0 unspecified atom stereocenters. The molecule has 0 bridgehead atoms. The molecule has 21 heavy (non-hydrogen) atoms. The number of carboxylic acid groups (broad SMARTS) is 1. The van der Waals surface area contributed by atoms with Crippen LogP contribution in [-0.4, -0.2) is 69.7 Å². The van der Waals surface area contributed by atoms with E-state index in [1.54, 1.807) is 32.4 Å². The number of benzene rings is 1. The molecule has 6 nitrogen and oxygen atoms in total. The minimum Gasteiger partial charge on any atom is -0.491 e. The van der Waals surface area contributed by atoms with Crippen molar-refractivity contribution in [1.29, 1.82) is 0 Å². The van der Waals surface area contributed by atoms with Crippen molar-refractivity contribution in [1.82, 2.24) is 4.90 Å². The molecule has 6 heteroatoms. The number of methoxy groups -OCH3 is 2. The third-order valence-corrected chi connectivity index (χ3v) is 3.01. The van der Waals surface area contributed by atoms with Gasteiger partial charge in [-0.25, -0.2) is 4.79 Å². The van der Waals surface area contributed by atoms with Crippen molar-refractivity contribution >= 4 is 5.97 Å². The normalized spacial score (nSPS) is 10.8. The van der Waals surface area contributed by atoms with Gasteiger partial charge >= 0.3 is 5.97 Å². The first kappa shape index (κ1) is 17.4. The molecule has 0 saturated carbocycles. The first-order chi connectivity index (χ1) is 10.2. The summed E-state index contributed by atoms with van der Waals surface area (Å²) in [6.45, 7) is 3.93. The lowest BCUT2D eigenvalue weighted by molar-refractivity contribution is 0.0690. The molecule has 1 aromatic rings. The van der Waals surface area contributed by atoms with Crippen LogP contribution in [0.3, 0.4) is 0 Å². The van der Waals surface area contributed by atoms with Gasteiger partial charge in [0.05, 0.1) is 13.2 Å². The van der Waals surface area contributed by atoms with E-state index in [1.807, 2.05) is 0 Å². The third-order valence-electron chi connectivity index (χ3n) is 3.01. The summed E-state index contributed by atoms with van der Waals surface area (Å²) in [5.41, 5.74) is 0.179. The van der Waals surface area contributed by atoms with Crippen LogP contribution < -0.4 is 4.74 Å². The second kappa shape index (κ2) is 10.1. The fourth-order valence-electron chi connectivity index (χ4n) is 1.83. The summed E-state index contributed by atoms with van der Waals surface area (Å²) in [6, 6.07) is 6.64. The predicted molar refractivity (Wildman–Crippen MR) is 79.1 cm³/mol. The van der Waals surface area contributed by atoms with Gasteiger partial charge in [0.1, 0.15) is 17.9 Å². The molecule has 0 spiro atoms. The van der Waals surface area contributed by atoms with Crippen LogP contribution in [0.25, 0.3) is 0 Å². The molecule has 0 aromatic heterocycles. The van der Waals surface area contributed by atoms with Gasteiger partial charge in [0.25, 0.3) is 0 Å². The maximum Gasteiger partial charge on any atom is 0.339 e. The fourth-order valence-corrected chi connectivity index (χ4v) is 1.83. The quantitative estimate of drug-likeness (QED) is 0.665. The number of carboxylic acids is 1. The van der Waals surface area contributed by atoms with Crippen molar-refractivity contribution in [2.45, 2.75) is 0 Å². The SMILES string of the molecule is COCCN(CCOC)CCOc1ccccc1C(=O)O. The monoisotopic (exact) mass is 297 g/mol. The van der Waals surface area contributed by atoms with E-state index in [-0.39, 0.29) is 5.56 Å². The first-order valence-electron chi connectivity index (χ1n) is 6.84. The lowest BCUT2D eigenvalue weighted by Gasteiger charge is -2.21. The minimum absolute atomic E-state index is 0.179. The summed E-state index contributed by atoms with van der Waals surface area (Å²) >= 11 is 0. The summed E-state index contributed by atoms with van der Waals surface area (Å²) in [5, 5.41) is 9.08. The van der Waals surface area contributed by atoms with Crippen molar-refractivity contribution in [2.75, 3.05) is 53.7 Å². The molecule has 0 aliphatic heterocycles. The Labute approximate surface area is 125 Å². The van der Waals surface area contributed by atoms with E-state index in [9.17, 15) is 4.79 Å². The number of nitrogens with zero attached hydrogens (tertiary/aromatic N) is 1. The van der Waals surface area contributed by atoms with Crippen molar-refractivity contribution in [3.8, 4) is 5.75 Å². The number of carbonyl (C=O) groups is 1. The first-order valence-corrected chi connectivity index (χ1v) is 6.84. The minimum atomic E-state index is -0.985. The number of para-hydroxylation sites is 1. The molecular weight excluding hydrogens is 274 g/mol. The van der Waals surface area contributed by atoms with Crippen LogP contribution in [0.15, 0.2) is 24.3 Å². The zero-order chi connectivity index (χ0) is 15.5. The van der Waals surface area contributed by atoms with Crippen LogP contribution in [0.4, 0.5) is 0 Å². The van der Waals surface area contributed by atoms with Gasteiger partial charge in [0.2, 0.25) is 0 Å². The Morgan fingerprint density at radius 3 is 2.19 bits per heavy atom. The third kappa shape index (κ3) is 6.57. The van der Waals surface area contributed by atoms with Gasteiger partial charge in [-0.3, -0.25) is 4.90 Å². The highest BCUT2D eigenvalue weighted by Crippen LogP contribution is 2.17. The smallest absolute Gasteiger partial charge is 0.339 e. The van der Waals surface area contributed by atoms with E-state index in [1.165, 1.54) is 6.07 Å². The molecule has 1 N–H and O–H groups in total. The summed E-state index contributed by atoms with van der Waals surface area (Å²) < 4.78 is 15.7. The Bertz CT molecular complexity index is 416. The highest BCUT2D eigenvalue weighted by molar-refractivity contribution is 5.90. The summed E-state index contributed by atoms with van der Waals surface area (Å²) in [6.07, 6.45) is 0. The molecule has 1 aromatic carbocycles. The largest absolute Gasteiger partial charge is 0.491 e. The van der Waals surface area contributed by atoms with Gasteiger partial charge in [0, 0.05) is 33.9 Å². The average molecular weight is 297 g/mol. The van der Waals surface area contributed by atoms with Crippen LogP contribution >= 0.6 is 0 Å². The van der Waals surface area contributed by atoms with Gasteiger partial charge in [-0.1, -0.05) is 12.1 Å². The van der Waals surface area contributed by atoms with Crippen LogP contribution in [0.1, 0.15) is 10.4 Å². The Balaban J connectivity index is 2.47. The number of aromatic carboxylic acids is 1. The number of hydrogen-bond acceptors (Lipinski definition) is 5. The zero-order valence-electron chi connectivity index (χ0n) is 12.6. The molecule has 0 aliphatic carbocycles. The van der Waals surface area contributed by atoms with Crippen molar-refractivity contribution in [3.63, 3.8) is 0 Å². The lowest BCUT2D eigenvalue weighted by atomic mass is 10.2. The van der Waals surface area contributed by atoms with Crippen LogP contribution in [-0.2, 0) is 9.47 Å². The molecular formula is C15H23NO5. The molecule has 118 valence electrons. The number of hydrogen-bond donors (Lipinski definition) is 1. The van der Waals surface area contributed by atoms with Crippen LogP contribution in [0.5, 0.6) is 5.75 Å². The van der Waals surface area contributed by atoms with Gasteiger partial charge in [-0.15, -0.1) is 0 Å². The standard InChI is InChI=1S/C15H23NO5/c1-19-10-7-16(8-11-20-2)9-12-21-14-6-4-3-5-13(14)15(17)18/h3-6H,7-12H2,1-2H3,(H,17,18). The second-order valence-corrected chi connectivity index (χ2v) is 4.48. The molecule has 0 atom stereocenters. The molecule has 0 heterocycles. The van der Waals surface area contributed by atoms with Crippen molar-refractivity contribution < 1.29 is 24.1 Å². The Morgan fingerprint density at radius 1 is 1.05 bits per heavy atom. The fraction of sp³-hybridized carbons (Fsp3) is 0.533. The van der Waals surface area contributed by atoms with E-state index >= 15 is 0 Å². The van der Waals surface area contributed by atoms with Gasteiger partial charge < -0.3 is 19.3 Å². The van der Waals surface area contributed by atoms with E-state index in [0.717, 1.165) is 13.1 Å². The molecule has 0 fully saturated rings. The maximum absolute atomic E-state index is 11.1. The van der Waals surface area contributed by atoms with E-state index in [2.05, 4.69) is 4.90 Å². The summed E-state index contributed by atoms with van der Waals surface area (Å²) in [4.78, 5) is 13.2. The molecule has 0 aliphatic rings. The molecule has 0 saturated heterocycles. The van der Waals surface area contributed by atoms with E-state index < -0.39 is 5.97 Å². The van der Waals surface area contributed by atoms with E-state index in [0.29, 0.717) is 32.1 Å². The van der Waals surface area contributed by atoms with E-state index in [4.69, 9.17) is 19.3 Å². The summed E-state index contributed by atoms with van der Waals surface area (Å²) in [7, 11) is 3.32. The summed E-state index contributed by atoms with van der Waals surface area (Å²) in [5.74, 6) is -0.593. The molecule has 0 radical (unpaired) electrons. The predicted octanol–water partition coefficient (Wildman–Crippen LogP) is 1.36. The Kier molecular flexibility index (Phi) is 8.42. The average Bonchev–Trinajstić information content (AvgIpc) is 2.49. The maximum atomic E-state index is 11.1. The van der Waals surface area contributed by atoms with Gasteiger partial charge in [-0.2, -0.15) is 0 Å². The van der Waals surface area contributed by atoms with Crippen molar-refractivity contribution in [3.05, 3.63) is 29.8 Å². The Hall–Kier alpha value is -1.63. The van der Waals surface area contributed by atoms with Gasteiger partial charge in [-0.05, 0) is 12.1 Å². The topological polar surface area (TPSA) is 68.2 Å². The van der Waals surface area contributed by atoms with Gasteiger partial charge in [0.15, 0.2) is 0 Å². The number of rotatable bonds is 11. The van der Waals surface area contributed by atoms with Crippen molar-refractivity contribution in [2.24, 2.45) is 0 Å². The number of ether oxygens (including phenoxy) is 3. The lowest BCUT2D eigenvalue weighted by Crippen LogP contribution is -2.34. The Morgan fingerprint density at radius 2 is 1.62 bits per heavy atom. The molecule has 0 amide bonds. The second-order valence-electron chi connectivity index (χ2n) is 4.48. The highest BCUT2D eigenvalue weighted by Gasteiger charge is 2.11.